The van der Waals surface area contributed by atoms with Crippen LogP contribution in [-0.4, -0.2) is 23.2 Å². The molecule has 2 unspecified atom stereocenters. The summed E-state index contributed by atoms with van der Waals surface area (Å²) >= 11 is 0. The lowest BCUT2D eigenvalue weighted by molar-refractivity contribution is -0.139. The second kappa shape index (κ2) is 6.01. The Morgan fingerprint density at radius 1 is 1.39 bits per heavy atom. The zero-order valence-corrected chi connectivity index (χ0v) is 10.8. The van der Waals surface area contributed by atoms with Crippen LogP contribution in [0.3, 0.4) is 0 Å². The Kier molecular flexibility index (Phi) is 4.37. The molecule has 3 heteroatoms. The van der Waals surface area contributed by atoms with Crippen LogP contribution in [0.5, 0.6) is 0 Å². The normalized spacial score (nSPS) is 24.9. The lowest BCUT2D eigenvalue weighted by atomic mass is 9.94. The average Bonchev–Trinajstić information content (AvgIpc) is 2.78. The molecule has 0 bridgehead atoms. The summed E-state index contributed by atoms with van der Waals surface area (Å²) in [6.07, 6.45) is 4.53. The molecule has 0 amide bonds. The zero-order chi connectivity index (χ0) is 13.0. The molecule has 3 nitrogen and oxygen atoms in total. The van der Waals surface area contributed by atoms with Crippen LogP contribution < -0.4 is 5.32 Å². The van der Waals surface area contributed by atoms with Gasteiger partial charge in [0.25, 0.3) is 0 Å². The number of rotatable bonds is 5. The minimum absolute atomic E-state index is 0.344. The van der Waals surface area contributed by atoms with Crippen molar-refractivity contribution in [3.8, 4) is 0 Å². The summed E-state index contributed by atoms with van der Waals surface area (Å²) in [5.41, 5.74) is 1.35. The van der Waals surface area contributed by atoms with Crippen LogP contribution in [0.25, 0.3) is 0 Å². The maximum absolute atomic E-state index is 10.9. The molecule has 98 valence electrons. The van der Waals surface area contributed by atoms with E-state index in [1.165, 1.54) is 18.4 Å². The molecule has 1 aromatic carbocycles. The minimum Gasteiger partial charge on any atom is -0.480 e. The molecular weight excluding hydrogens is 226 g/mol. The molecule has 0 spiro atoms. The summed E-state index contributed by atoms with van der Waals surface area (Å²) < 4.78 is 0. The first kappa shape index (κ1) is 13.1. The second-order valence-corrected chi connectivity index (χ2v) is 5.21. The number of hydrogen-bond donors (Lipinski definition) is 2. The third kappa shape index (κ3) is 3.33. The molecule has 0 saturated heterocycles. The third-order valence-corrected chi connectivity index (χ3v) is 3.83. The number of benzene rings is 1. The number of aliphatic carboxylic acids is 1. The molecule has 1 saturated carbocycles. The number of carboxylic acid groups (broad SMARTS) is 1. The van der Waals surface area contributed by atoms with E-state index in [0.29, 0.717) is 12.0 Å². The Morgan fingerprint density at radius 3 is 2.78 bits per heavy atom. The van der Waals surface area contributed by atoms with E-state index in [1.807, 2.05) is 6.07 Å². The van der Waals surface area contributed by atoms with Crippen LogP contribution in [0.1, 0.15) is 31.7 Å². The van der Waals surface area contributed by atoms with Gasteiger partial charge in [0.1, 0.15) is 6.04 Å². The topological polar surface area (TPSA) is 49.3 Å². The Bertz CT molecular complexity index is 391. The quantitative estimate of drug-likeness (QED) is 0.840. The molecule has 2 rings (SSSR count). The highest BCUT2D eigenvalue weighted by Gasteiger charge is 2.29. The molecule has 1 aliphatic rings. The highest BCUT2D eigenvalue weighted by molar-refractivity contribution is 5.72. The van der Waals surface area contributed by atoms with E-state index >= 15 is 0 Å². The van der Waals surface area contributed by atoms with Crippen molar-refractivity contribution in [1.82, 2.24) is 5.32 Å². The van der Waals surface area contributed by atoms with Crippen LogP contribution in [0.15, 0.2) is 30.3 Å². The van der Waals surface area contributed by atoms with Gasteiger partial charge in [-0.2, -0.15) is 0 Å². The van der Waals surface area contributed by atoms with Gasteiger partial charge in [0.15, 0.2) is 0 Å². The summed E-state index contributed by atoms with van der Waals surface area (Å²) in [5, 5.41) is 12.2. The predicted molar refractivity (Wildman–Crippen MR) is 71.5 cm³/mol. The predicted octanol–water partition coefficient (Wildman–Crippen LogP) is 2.46. The Labute approximate surface area is 108 Å². The highest BCUT2D eigenvalue weighted by Crippen LogP contribution is 2.29. The van der Waals surface area contributed by atoms with E-state index in [9.17, 15) is 4.79 Å². The van der Waals surface area contributed by atoms with Gasteiger partial charge in [0.05, 0.1) is 0 Å². The molecule has 2 N–H and O–H groups in total. The van der Waals surface area contributed by atoms with E-state index in [2.05, 4.69) is 29.6 Å². The molecule has 1 aliphatic carbocycles. The maximum atomic E-state index is 10.9. The monoisotopic (exact) mass is 247 g/mol. The largest absolute Gasteiger partial charge is 0.480 e. The first-order valence-corrected chi connectivity index (χ1v) is 6.69. The molecule has 3 atom stereocenters. The molecule has 1 fully saturated rings. The van der Waals surface area contributed by atoms with E-state index < -0.39 is 12.0 Å². The number of nitrogens with one attached hydrogen (secondary N) is 1. The summed E-state index contributed by atoms with van der Waals surface area (Å²) in [4.78, 5) is 10.9. The second-order valence-electron chi connectivity index (χ2n) is 5.21. The zero-order valence-electron chi connectivity index (χ0n) is 10.8. The van der Waals surface area contributed by atoms with Crippen molar-refractivity contribution >= 4 is 5.97 Å². The Balaban J connectivity index is 1.93. The van der Waals surface area contributed by atoms with Crippen molar-refractivity contribution in [3.63, 3.8) is 0 Å². The van der Waals surface area contributed by atoms with Crippen molar-refractivity contribution < 1.29 is 9.90 Å². The minimum atomic E-state index is -0.764. The van der Waals surface area contributed by atoms with Crippen molar-refractivity contribution in [3.05, 3.63) is 35.9 Å². The lowest BCUT2D eigenvalue weighted by Crippen LogP contribution is -2.43. The SMILES string of the molecule is C[C@H](NC1CCCC1Cc1ccccc1)C(=O)O. The maximum Gasteiger partial charge on any atom is 0.320 e. The van der Waals surface area contributed by atoms with Crippen LogP contribution in [0.2, 0.25) is 0 Å². The number of carbonyl (C=O) groups is 1. The molecule has 18 heavy (non-hydrogen) atoms. The Morgan fingerprint density at radius 2 is 2.11 bits per heavy atom. The Hall–Kier alpha value is -1.35. The summed E-state index contributed by atoms with van der Waals surface area (Å²) in [6, 6.07) is 10.3. The van der Waals surface area contributed by atoms with Gasteiger partial charge in [-0.05, 0) is 37.7 Å². The van der Waals surface area contributed by atoms with Crippen molar-refractivity contribution in [2.24, 2.45) is 5.92 Å². The van der Waals surface area contributed by atoms with Gasteiger partial charge in [-0.1, -0.05) is 36.8 Å². The van der Waals surface area contributed by atoms with E-state index in [-0.39, 0.29) is 0 Å². The number of hydrogen-bond acceptors (Lipinski definition) is 2. The molecule has 1 aromatic rings. The van der Waals surface area contributed by atoms with Crippen LogP contribution in [0.4, 0.5) is 0 Å². The van der Waals surface area contributed by atoms with Crippen LogP contribution >= 0.6 is 0 Å². The average molecular weight is 247 g/mol. The third-order valence-electron chi connectivity index (χ3n) is 3.83. The van der Waals surface area contributed by atoms with Gasteiger partial charge in [-0.3, -0.25) is 4.79 Å². The summed E-state index contributed by atoms with van der Waals surface area (Å²) in [7, 11) is 0. The van der Waals surface area contributed by atoms with E-state index in [0.717, 1.165) is 12.8 Å². The van der Waals surface area contributed by atoms with E-state index in [4.69, 9.17) is 5.11 Å². The van der Waals surface area contributed by atoms with Gasteiger partial charge < -0.3 is 10.4 Å². The first-order valence-electron chi connectivity index (χ1n) is 6.69. The fourth-order valence-corrected chi connectivity index (χ4v) is 2.81. The van der Waals surface area contributed by atoms with Gasteiger partial charge in [0.2, 0.25) is 0 Å². The van der Waals surface area contributed by atoms with E-state index in [1.54, 1.807) is 6.92 Å². The van der Waals surface area contributed by atoms with Crippen LogP contribution in [0, 0.1) is 5.92 Å². The molecule has 0 heterocycles. The molecule has 0 aromatic heterocycles. The highest BCUT2D eigenvalue weighted by atomic mass is 16.4. The van der Waals surface area contributed by atoms with Crippen LogP contribution in [-0.2, 0) is 11.2 Å². The standard InChI is InChI=1S/C15H21NO2/c1-11(15(17)18)16-14-9-5-8-13(14)10-12-6-3-2-4-7-12/h2-4,6-7,11,13-14,16H,5,8-10H2,1H3,(H,17,18)/t11-,13?,14?/m0/s1. The summed E-state index contributed by atoms with van der Waals surface area (Å²) in [5.74, 6) is -0.199. The van der Waals surface area contributed by atoms with Crippen molar-refractivity contribution in [2.75, 3.05) is 0 Å². The van der Waals surface area contributed by atoms with Gasteiger partial charge >= 0.3 is 5.97 Å². The fraction of sp³-hybridized carbons (Fsp3) is 0.533. The van der Waals surface area contributed by atoms with Crippen molar-refractivity contribution in [1.29, 1.82) is 0 Å². The first-order chi connectivity index (χ1) is 8.66. The lowest BCUT2D eigenvalue weighted by Gasteiger charge is -2.23. The molecule has 0 radical (unpaired) electrons. The number of carboxylic acids is 1. The van der Waals surface area contributed by atoms with Crippen molar-refractivity contribution in [2.45, 2.75) is 44.7 Å². The molecule has 0 aliphatic heterocycles. The van der Waals surface area contributed by atoms with Gasteiger partial charge in [0, 0.05) is 6.04 Å². The van der Waals surface area contributed by atoms with Gasteiger partial charge in [-0.15, -0.1) is 0 Å². The fourth-order valence-electron chi connectivity index (χ4n) is 2.81. The smallest absolute Gasteiger partial charge is 0.320 e. The summed E-state index contributed by atoms with van der Waals surface area (Å²) in [6.45, 7) is 1.72. The van der Waals surface area contributed by atoms with Gasteiger partial charge in [-0.25, -0.2) is 0 Å². The molecular formula is C15H21NO2.